The zero-order valence-electron chi connectivity index (χ0n) is 13.7. The summed E-state index contributed by atoms with van der Waals surface area (Å²) in [5, 5.41) is 0. The van der Waals surface area contributed by atoms with Crippen LogP contribution in [0.2, 0.25) is 0 Å². The van der Waals surface area contributed by atoms with Crippen LogP contribution in [0.3, 0.4) is 0 Å². The summed E-state index contributed by atoms with van der Waals surface area (Å²) in [6, 6.07) is 9.91. The number of carbonyl (C=O) groups is 1. The molecule has 0 aromatic heterocycles. The van der Waals surface area contributed by atoms with Gasteiger partial charge < -0.3 is 4.74 Å². The SMILES string of the molecule is Cc1cc(C)c(C(=O)COc2ccc(S(C)(=O)=O)cc2)cc1C. The summed E-state index contributed by atoms with van der Waals surface area (Å²) in [7, 11) is -3.23. The Hall–Kier alpha value is -2.14. The molecule has 0 bridgehead atoms. The van der Waals surface area contributed by atoms with Crippen molar-refractivity contribution in [2.24, 2.45) is 0 Å². The number of sulfone groups is 1. The van der Waals surface area contributed by atoms with Crippen molar-refractivity contribution in [3.63, 3.8) is 0 Å². The van der Waals surface area contributed by atoms with E-state index in [2.05, 4.69) is 0 Å². The van der Waals surface area contributed by atoms with Gasteiger partial charge in [-0.25, -0.2) is 8.42 Å². The Morgan fingerprint density at radius 2 is 1.52 bits per heavy atom. The smallest absolute Gasteiger partial charge is 0.200 e. The Bertz CT molecular complexity index is 834. The fraction of sp³-hybridized carbons (Fsp3) is 0.278. The van der Waals surface area contributed by atoms with Crippen LogP contribution in [0.1, 0.15) is 27.0 Å². The molecule has 2 aromatic rings. The van der Waals surface area contributed by atoms with Crippen molar-refractivity contribution in [1.29, 1.82) is 0 Å². The van der Waals surface area contributed by atoms with Gasteiger partial charge in [0, 0.05) is 11.8 Å². The molecule has 5 heteroatoms. The van der Waals surface area contributed by atoms with Crippen LogP contribution in [-0.4, -0.2) is 27.1 Å². The van der Waals surface area contributed by atoms with Gasteiger partial charge in [0.25, 0.3) is 0 Å². The summed E-state index contributed by atoms with van der Waals surface area (Å²) >= 11 is 0. The maximum Gasteiger partial charge on any atom is 0.200 e. The molecular weight excluding hydrogens is 312 g/mol. The van der Waals surface area contributed by atoms with Crippen molar-refractivity contribution >= 4 is 15.6 Å². The minimum absolute atomic E-state index is 0.0818. The molecule has 0 fully saturated rings. The number of aryl methyl sites for hydroxylation is 3. The lowest BCUT2D eigenvalue weighted by atomic mass is 9.98. The van der Waals surface area contributed by atoms with Gasteiger partial charge in [0.05, 0.1) is 4.90 Å². The molecule has 0 aliphatic rings. The maximum atomic E-state index is 12.3. The Balaban J connectivity index is 2.09. The average molecular weight is 332 g/mol. The first-order valence-corrected chi connectivity index (χ1v) is 9.11. The highest BCUT2D eigenvalue weighted by atomic mass is 32.2. The predicted molar refractivity (Wildman–Crippen MR) is 90.0 cm³/mol. The maximum absolute atomic E-state index is 12.3. The fourth-order valence-electron chi connectivity index (χ4n) is 2.27. The van der Waals surface area contributed by atoms with E-state index in [1.165, 1.54) is 12.1 Å². The van der Waals surface area contributed by atoms with Crippen LogP contribution < -0.4 is 4.74 Å². The van der Waals surface area contributed by atoms with Gasteiger partial charge in [-0.1, -0.05) is 6.07 Å². The second kappa shape index (κ2) is 6.54. The molecule has 122 valence electrons. The van der Waals surface area contributed by atoms with E-state index in [0.717, 1.165) is 22.9 Å². The molecule has 0 spiro atoms. The summed E-state index contributed by atoms with van der Waals surface area (Å²) in [6.07, 6.45) is 1.15. The van der Waals surface area contributed by atoms with Gasteiger partial charge in [-0.15, -0.1) is 0 Å². The molecule has 0 saturated carbocycles. The molecule has 0 aliphatic carbocycles. The molecule has 0 N–H and O–H groups in total. The third kappa shape index (κ3) is 4.20. The number of rotatable bonds is 5. The van der Waals surface area contributed by atoms with E-state index in [4.69, 9.17) is 4.74 Å². The lowest BCUT2D eigenvalue weighted by Gasteiger charge is -2.10. The van der Waals surface area contributed by atoms with Crippen LogP contribution in [0.5, 0.6) is 5.75 Å². The molecule has 0 unspecified atom stereocenters. The van der Waals surface area contributed by atoms with Crippen LogP contribution in [0, 0.1) is 20.8 Å². The molecule has 4 nitrogen and oxygen atoms in total. The third-order valence-corrected chi connectivity index (χ3v) is 4.89. The van der Waals surface area contributed by atoms with E-state index in [9.17, 15) is 13.2 Å². The van der Waals surface area contributed by atoms with E-state index in [0.29, 0.717) is 11.3 Å². The minimum Gasteiger partial charge on any atom is -0.485 e. The van der Waals surface area contributed by atoms with Crippen molar-refractivity contribution in [1.82, 2.24) is 0 Å². The van der Waals surface area contributed by atoms with Crippen LogP contribution in [0.25, 0.3) is 0 Å². The standard InChI is InChI=1S/C18H20O4S/c1-12-9-14(3)17(10-13(12)2)18(19)11-22-15-5-7-16(8-6-15)23(4,20)21/h5-10H,11H2,1-4H3. The van der Waals surface area contributed by atoms with Crippen molar-refractivity contribution in [3.05, 3.63) is 58.7 Å². The summed E-state index contributed by atoms with van der Waals surface area (Å²) < 4.78 is 28.3. The van der Waals surface area contributed by atoms with Gasteiger partial charge in [-0.2, -0.15) is 0 Å². The van der Waals surface area contributed by atoms with Crippen molar-refractivity contribution in [2.45, 2.75) is 25.7 Å². The number of hydrogen-bond donors (Lipinski definition) is 0. The molecule has 23 heavy (non-hydrogen) atoms. The Labute approximate surface area is 137 Å². The Morgan fingerprint density at radius 1 is 0.957 bits per heavy atom. The van der Waals surface area contributed by atoms with Crippen LogP contribution in [-0.2, 0) is 9.84 Å². The van der Waals surface area contributed by atoms with Crippen molar-refractivity contribution < 1.29 is 17.9 Å². The molecule has 0 radical (unpaired) electrons. The van der Waals surface area contributed by atoms with E-state index in [1.54, 1.807) is 12.1 Å². The van der Waals surface area contributed by atoms with E-state index in [-0.39, 0.29) is 17.3 Å². The highest BCUT2D eigenvalue weighted by Crippen LogP contribution is 2.18. The lowest BCUT2D eigenvalue weighted by molar-refractivity contribution is 0.0920. The Kier molecular flexibility index (Phi) is 4.90. The van der Waals surface area contributed by atoms with Gasteiger partial charge in [-0.3, -0.25) is 4.79 Å². The summed E-state index contributed by atoms with van der Waals surface area (Å²) in [6.45, 7) is 5.80. The normalized spacial score (nSPS) is 11.3. The summed E-state index contributed by atoms with van der Waals surface area (Å²) in [5.41, 5.74) is 3.79. The quantitative estimate of drug-likeness (QED) is 0.788. The van der Waals surface area contributed by atoms with Crippen molar-refractivity contribution in [3.8, 4) is 5.75 Å². The second-order valence-corrected chi connectivity index (χ2v) is 7.72. The predicted octanol–water partition coefficient (Wildman–Crippen LogP) is 3.28. The van der Waals surface area contributed by atoms with Gasteiger partial charge >= 0.3 is 0 Å². The number of carbonyl (C=O) groups excluding carboxylic acids is 1. The largest absolute Gasteiger partial charge is 0.485 e. The zero-order chi connectivity index (χ0) is 17.2. The first-order valence-electron chi connectivity index (χ1n) is 7.22. The first-order chi connectivity index (χ1) is 10.7. The first kappa shape index (κ1) is 17.2. The van der Waals surface area contributed by atoms with E-state index >= 15 is 0 Å². The van der Waals surface area contributed by atoms with Crippen molar-refractivity contribution in [2.75, 3.05) is 12.9 Å². The molecule has 0 amide bonds. The molecule has 0 heterocycles. The van der Waals surface area contributed by atoms with Crippen LogP contribution >= 0.6 is 0 Å². The second-order valence-electron chi connectivity index (χ2n) is 5.71. The van der Waals surface area contributed by atoms with E-state index in [1.807, 2.05) is 32.9 Å². The minimum atomic E-state index is -3.23. The van der Waals surface area contributed by atoms with E-state index < -0.39 is 9.84 Å². The summed E-state index contributed by atoms with van der Waals surface area (Å²) in [4.78, 5) is 12.5. The number of Topliss-reactive ketones (excluding diaryl/α,β-unsaturated/α-hetero) is 1. The van der Waals surface area contributed by atoms with Gasteiger partial charge in [-0.05, 0) is 67.8 Å². The van der Waals surface area contributed by atoms with Gasteiger partial charge in [0.1, 0.15) is 5.75 Å². The van der Waals surface area contributed by atoms with Crippen LogP contribution in [0.4, 0.5) is 0 Å². The number of ether oxygens (including phenoxy) is 1. The van der Waals surface area contributed by atoms with Gasteiger partial charge in [0.2, 0.25) is 0 Å². The summed E-state index contributed by atoms with van der Waals surface area (Å²) in [5.74, 6) is 0.366. The Morgan fingerprint density at radius 3 is 2.09 bits per heavy atom. The van der Waals surface area contributed by atoms with Gasteiger partial charge in [0.15, 0.2) is 22.2 Å². The average Bonchev–Trinajstić information content (AvgIpc) is 2.48. The van der Waals surface area contributed by atoms with Crippen LogP contribution in [0.15, 0.2) is 41.3 Å². The molecule has 2 aromatic carbocycles. The zero-order valence-corrected chi connectivity index (χ0v) is 14.5. The fourth-order valence-corrected chi connectivity index (χ4v) is 2.90. The monoisotopic (exact) mass is 332 g/mol. The number of hydrogen-bond acceptors (Lipinski definition) is 4. The molecule has 2 rings (SSSR count). The number of benzene rings is 2. The highest BCUT2D eigenvalue weighted by molar-refractivity contribution is 7.90. The molecule has 0 atom stereocenters. The topological polar surface area (TPSA) is 60.4 Å². The molecular formula is C18H20O4S. The molecule has 0 saturated heterocycles. The third-order valence-electron chi connectivity index (χ3n) is 3.76. The molecule has 0 aliphatic heterocycles. The highest BCUT2D eigenvalue weighted by Gasteiger charge is 2.12. The lowest BCUT2D eigenvalue weighted by Crippen LogP contribution is -2.13. The number of ketones is 1.